The minimum absolute atomic E-state index is 0.262. The van der Waals surface area contributed by atoms with E-state index in [4.69, 9.17) is 0 Å². The molecule has 0 aliphatic rings. The van der Waals surface area contributed by atoms with Gasteiger partial charge in [0.2, 0.25) is 5.95 Å². The Morgan fingerprint density at radius 2 is 1.88 bits per heavy atom. The normalized spacial score (nSPS) is 10.2. The second kappa shape index (κ2) is 8.06. The van der Waals surface area contributed by atoms with E-state index in [2.05, 4.69) is 25.6 Å². The Morgan fingerprint density at radius 3 is 2.58 bits per heavy atom. The van der Waals surface area contributed by atoms with Crippen LogP contribution >= 0.6 is 0 Å². The van der Waals surface area contributed by atoms with Gasteiger partial charge < -0.3 is 15.5 Å². The van der Waals surface area contributed by atoms with Gasteiger partial charge in [0.1, 0.15) is 5.69 Å². The Morgan fingerprint density at radius 1 is 1.08 bits per heavy atom. The third kappa shape index (κ3) is 4.54. The topological polar surface area (TPSA) is 83.0 Å². The molecule has 0 saturated carbocycles. The van der Waals surface area contributed by atoms with Gasteiger partial charge in [0.15, 0.2) is 0 Å². The molecule has 0 aliphatic carbocycles. The van der Waals surface area contributed by atoms with Gasteiger partial charge in [-0.3, -0.25) is 9.78 Å². The van der Waals surface area contributed by atoms with Gasteiger partial charge in [-0.25, -0.2) is 9.97 Å². The maximum Gasteiger partial charge on any atom is 0.270 e. The molecule has 0 unspecified atom stereocenters. The van der Waals surface area contributed by atoms with E-state index in [1.165, 1.54) is 0 Å². The molecule has 1 aromatic carbocycles. The predicted octanol–water partition coefficient (Wildman–Crippen LogP) is 2.61. The fourth-order valence-electron chi connectivity index (χ4n) is 2.29. The number of amides is 1. The van der Waals surface area contributed by atoms with Crippen molar-refractivity contribution in [3.63, 3.8) is 0 Å². The highest BCUT2D eigenvalue weighted by Gasteiger charge is 2.09. The Hall–Kier alpha value is -3.48. The number of carbonyl (C=O) groups excluding carboxylic acids is 1. The largest absolute Gasteiger partial charge is 0.378 e. The van der Waals surface area contributed by atoms with Crippen LogP contribution in [0.4, 0.5) is 17.3 Å². The third-order valence-electron chi connectivity index (χ3n) is 3.70. The number of hydrogen-bond donors (Lipinski definition) is 2. The number of nitrogens with zero attached hydrogens (tertiary/aromatic N) is 4. The van der Waals surface area contributed by atoms with Gasteiger partial charge in [-0.15, -0.1) is 0 Å². The molecule has 2 aromatic heterocycles. The first kappa shape index (κ1) is 17.3. The molecule has 3 rings (SSSR count). The first-order chi connectivity index (χ1) is 12.6. The van der Waals surface area contributed by atoms with Crippen LogP contribution in [0.1, 0.15) is 16.1 Å². The Bertz CT molecular complexity index is 865. The van der Waals surface area contributed by atoms with Gasteiger partial charge in [0.25, 0.3) is 5.91 Å². The van der Waals surface area contributed by atoms with Crippen LogP contribution < -0.4 is 15.5 Å². The molecule has 0 saturated heterocycles. The van der Waals surface area contributed by atoms with Crippen LogP contribution in [0.5, 0.6) is 0 Å². The molecule has 132 valence electrons. The Labute approximate surface area is 152 Å². The lowest BCUT2D eigenvalue weighted by Gasteiger charge is -2.13. The number of benzene rings is 1. The molecule has 7 heteroatoms. The molecule has 0 aliphatic heterocycles. The van der Waals surface area contributed by atoms with Crippen LogP contribution in [-0.4, -0.2) is 35.0 Å². The summed E-state index contributed by atoms with van der Waals surface area (Å²) < 4.78 is 0. The van der Waals surface area contributed by atoms with Crippen molar-refractivity contribution in [3.05, 3.63) is 72.3 Å². The molecular weight excluding hydrogens is 328 g/mol. The van der Waals surface area contributed by atoms with Crippen molar-refractivity contribution in [2.45, 2.75) is 6.54 Å². The summed E-state index contributed by atoms with van der Waals surface area (Å²) in [5.41, 5.74) is 3.18. The maximum atomic E-state index is 12.3. The van der Waals surface area contributed by atoms with E-state index in [0.717, 1.165) is 16.9 Å². The second-order valence-electron chi connectivity index (χ2n) is 5.88. The summed E-state index contributed by atoms with van der Waals surface area (Å²) in [7, 11) is 3.97. The van der Waals surface area contributed by atoms with Crippen molar-refractivity contribution in [2.75, 3.05) is 24.3 Å². The molecule has 2 N–H and O–H groups in total. The molecule has 0 spiro atoms. The number of rotatable bonds is 6. The van der Waals surface area contributed by atoms with E-state index in [1.807, 2.05) is 55.4 Å². The Kier molecular flexibility index (Phi) is 5.38. The van der Waals surface area contributed by atoms with Crippen molar-refractivity contribution < 1.29 is 4.79 Å². The Balaban J connectivity index is 1.64. The average Bonchev–Trinajstić information content (AvgIpc) is 2.67. The van der Waals surface area contributed by atoms with Crippen LogP contribution in [0.2, 0.25) is 0 Å². The lowest BCUT2D eigenvalue weighted by atomic mass is 10.2. The zero-order valence-corrected chi connectivity index (χ0v) is 14.7. The number of nitrogens with one attached hydrogen (secondary N) is 2. The number of carbonyl (C=O) groups is 1. The zero-order valence-electron chi connectivity index (χ0n) is 14.7. The lowest BCUT2D eigenvalue weighted by molar-refractivity contribution is 0.0946. The van der Waals surface area contributed by atoms with Gasteiger partial charge in [0, 0.05) is 50.6 Å². The molecule has 0 fully saturated rings. The van der Waals surface area contributed by atoms with Crippen LogP contribution in [0.15, 0.2) is 61.1 Å². The zero-order chi connectivity index (χ0) is 18.4. The molecule has 7 nitrogen and oxygen atoms in total. The monoisotopic (exact) mass is 348 g/mol. The fraction of sp³-hybridized carbons (Fsp3) is 0.158. The van der Waals surface area contributed by atoms with Gasteiger partial charge in [-0.05, 0) is 42.0 Å². The van der Waals surface area contributed by atoms with Crippen molar-refractivity contribution >= 4 is 23.2 Å². The van der Waals surface area contributed by atoms with Crippen molar-refractivity contribution in [1.82, 2.24) is 20.3 Å². The number of aromatic nitrogens is 3. The summed E-state index contributed by atoms with van der Waals surface area (Å²) in [6, 6.07) is 13.2. The molecule has 0 atom stereocenters. The summed E-state index contributed by atoms with van der Waals surface area (Å²) in [6.45, 7) is 0.394. The van der Waals surface area contributed by atoms with E-state index >= 15 is 0 Å². The van der Waals surface area contributed by atoms with Gasteiger partial charge >= 0.3 is 0 Å². The van der Waals surface area contributed by atoms with Crippen LogP contribution in [-0.2, 0) is 6.54 Å². The lowest BCUT2D eigenvalue weighted by Crippen LogP contribution is -2.24. The van der Waals surface area contributed by atoms with Gasteiger partial charge in [-0.1, -0.05) is 6.07 Å². The molecule has 0 bridgehead atoms. The highest BCUT2D eigenvalue weighted by atomic mass is 16.1. The predicted molar refractivity (Wildman–Crippen MR) is 101 cm³/mol. The van der Waals surface area contributed by atoms with E-state index in [9.17, 15) is 4.79 Å². The second-order valence-corrected chi connectivity index (χ2v) is 5.88. The maximum absolute atomic E-state index is 12.3. The summed E-state index contributed by atoms with van der Waals surface area (Å²) in [4.78, 5) is 26.8. The highest BCUT2D eigenvalue weighted by Crippen LogP contribution is 2.18. The SMILES string of the molecule is CN(C)c1ccc(Nc2nccc(C(=O)NCc3cccnc3)n2)cc1. The smallest absolute Gasteiger partial charge is 0.270 e. The molecule has 0 radical (unpaired) electrons. The molecular formula is C19H20N6O. The average molecular weight is 348 g/mol. The summed E-state index contributed by atoms with van der Waals surface area (Å²) in [5.74, 6) is 0.110. The van der Waals surface area contributed by atoms with Gasteiger partial charge in [-0.2, -0.15) is 0 Å². The van der Waals surface area contributed by atoms with E-state index in [0.29, 0.717) is 18.2 Å². The number of hydrogen-bond acceptors (Lipinski definition) is 6. The van der Waals surface area contributed by atoms with Crippen LogP contribution in [0.25, 0.3) is 0 Å². The van der Waals surface area contributed by atoms with E-state index < -0.39 is 0 Å². The van der Waals surface area contributed by atoms with Crippen molar-refractivity contribution in [2.24, 2.45) is 0 Å². The molecule has 3 aromatic rings. The fourth-order valence-corrected chi connectivity index (χ4v) is 2.29. The van der Waals surface area contributed by atoms with Crippen molar-refractivity contribution in [3.8, 4) is 0 Å². The van der Waals surface area contributed by atoms with Crippen LogP contribution in [0, 0.1) is 0 Å². The van der Waals surface area contributed by atoms with Crippen LogP contribution in [0.3, 0.4) is 0 Å². The minimum Gasteiger partial charge on any atom is -0.378 e. The standard InChI is InChI=1S/C19H20N6O/c1-25(2)16-7-5-15(6-8-16)23-19-21-11-9-17(24-19)18(26)22-13-14-4-3-10-20-12-14/h3-12H,13H2,1-2H3,(H,22,26)(H,21,23,24). The first-order valence-corrected chi connectivity index (χ1v) is 8.16. The number of anilines is 3. The van der Waals surface area contributed by atoms with Crippen molar-refractivity contribution in [1.29, 1.82) is 0 Å². The van der Waals surface area contributed by atoms with Gasteiger partial charge in [0.05, 0.1) is 0 Å². The summed E-state index contributed by atoms with van der Waals surface area (Å²) in [6.07, 6.45) is 4.96. The van der Waals surface area contributed by atoms with E-state index in [1.54, 1.807) is 24.7 Å². The summed E-state index contributed by atoms with van der Waals surface area (Å²) >= 11 is 0. The quantitative estimate of drug-likeness (QED) is 0.712. The van der Waals surface area contributed by atoms with E-state index in [-0.39, 0.29) is 5.91 Å². The first-order valence-electron chi connectivity index (χ1n) is 8.16. The summed E-state index contributed by atoms with van der Waals surface area (Å²) in [5, 5.41) is 5.93. The third-order valence-corrected chi connectivity index (χ3v) is 3.70. The minimum atomic E-state index is -0.262. The molecule has 26 heavy (non-hydrogen) atoms. The molecule has 1 amide bonds. The number of pyridine rings is 1. The molecule has 2 heterocycles. The highest BCUT2D eigenvalue weighted by molar-refractivity contribution is 5.92.